The molecular formula is C19H29N7O2. The zero-order chi connectivity index (χ0) is 20.0. The third-order valence-corrected chi connectivity index (χ3v) is 5.10. The summed E-state index contributed by atoms with van der Waals surface area (Å²) in [5.74, 6) is -0.170. The van der Waals surface area contributed by atoms with Crippen molar-refractivity contribution >= 4 is 11.8 Å². The lowest BCUT2D eigenvalue weighted by Gasteiger charge is -2.29. The van der Waals surface area contributed by atoms with Crippen LogP contribution in [0.5, 0.6) is 0 Å². The first-order valence-electron chi connectivity index (χ1n) is 9.69. The number of hydrogen-bond donors (Lipinski definition) is 3. The van der Waals surface area contributed by atoms with Crippen LogP contribution in [0.1, 0.15) is 26.7 Å². The maximum absolute atomic E-state index is 13.0. The lowest BCUT2D eigenvalue weighted by molar-refractivity contribution is -0.136. The van der Waals surface area contributed by atoms with Crippen molar-refractivity contribution in [2.45, 2.75) is 51.9 Å². The third-order valence-electron chi connectivity index (χ3n) is 5.10. The molecule has 3 N–H and O–H groups in total. The molecule has 3 atom stereocenters. The van der Waals surface area contributed by atoms with Crippen LogP contribution in [-0.2, 0) is 22.7 Å². The molecule has 2 aromatic heterocycles. The van der Waals surface area contributed by atoms with E-state index in [-0.39, 0.29) is 30.3 Å². The molecule has 9 nitrogen and oxygen atoms in total. The number of imidazole rings is 2. The first-order chi connectivity index (χ1) is 13.5. The minimum absolute atomic E-state index is 0.0451. The van der Waals surface area contributed by atoms with Crippen molar-refractivity contribution in [1.82, 2.24) is 35.1 Å². The minimum atomic E-state index is -0.706. The van der Waals surface area contributed by atoms with E-state index in [1.807, 2.05) is 35.4 Å². The first-order valence-corrected chi connectivity index (χ1v) is 9.69. The van der Waals surface area contributed by atoms with Crippen molar-refractivity contribution in [3.05, 3.63) is 37.4 Å². The number of carbonyl (C=O) groups excluding carboxylic acids is 2. The zero-order valence-electron chi connectivity index (χ0n) is 16.5. The molecule has 0 aliphatic carbocycles. The van der Waals surface area contributed by atoms with Gasteiger partial charge in [0.1, 0.15) is 0 Å². The average molecular weight is 387 g/mol. The molecule has 1 aliphatic heterocycles. The molecule has 2 amide bonds. The van der Waals surface area contributed by atoms with Crippen molar-refractivity contribution in [3.8, 4) is 0 Å². The highest BCUT2D eigenvalue weighted by Crippen LogP contribution is 2.30. The second kappa shape index (κ2) is 9.01. The largest absolute Gasteiger partial charge is 0.352 e. The fourth-order valence-electron chi connectivity index (χ4n) is 3.69. The molecule has 28 heavy (non-hydrogen) atoms. The van der Waals surface area contributed by atoms with Gasteiger partial charge in [0.15, 0.2) is 0 Å². The van der Waals surface area contributed by atoms with Gasteiger partial charge in [0.25, 0.3) is 0 Å². The Balaban J connectivity index is 1.54. The number of amides is 2. The summed E-state index contributed by atoms with van der Waals surface area (Å²) in [6, 6.07) is -0.0984. The zero-order valence-corrected chi connectivity index (χ0v) is 16.5. The average Bonchev–Trinajstić information content (AvgIpc) is 3.37. The van der Waals surface area contributed by atoms with Gasteiger partial charge in [-0.15, -0.1) is 0 Å². The summed E-state index contributed by atoms with van der Waals surface area (Å²) in [5.41, 5.74) is -0.706. The first kappa shape index (κ1) is 20.1. The topological polar surface area (TPSA) is 106 Å². The standard InChI is InChI=1S/C19H29N7O2/c1-15(10-25-7-5-21-13-25)23-17(27)9-19(3-4-20-12-19)18(28)24-16(2)11-26-8-6-22-14-26/h5-8,13-16,20H,3-4,9-12H2,1-2H3,(H,23,27)(H,24,28). The van der Waals surface area contributed by atoms with E-state index in [9.17, 15) is 9.59 Å². The molecule has 0 bridgehead atoms. The van der Waals surface area contributed by atoms with E-state index in [1.54, 1.807) is 25.0 Å². The van der Waals surface area contributed by atoms with E-state index in [4.69, 9.17) is 0 Å². The Labute approximate surface area is 164 Å². The van der Waals surface area contributed by atoms with Crippen LogP contribution in [0, 0.1) is 5.41 Å². The van der Waals surface area contributed by atoms with Crippen molar-refractivity contribution in [2.75, 3.05) is 13.1 Å². The van der Waals surface area contributed by atoms with E-state index < -0.39 is 5.41 Å². The van der Waals surface area contributed by atoms with Crippen LogP contribution in [0.2, 0.25) is 0 Å². The molecule has 0 radical (unpaired) electrons. The van der Waals surface area contributed by atoms with Crippen molar-refractivity contribution in [2.24, 2.45) is 5.41 Å². The maximum atomic E-state index is 13.0. The van der Waals surface area contributed by atoms with Crippen molar-refractivity contribution < 1.29 is 9.59 Å². The van der Waals surface area contributed by atoms with Gasteiger partial charge in [-0.1, -0.05) is 0 Å². The molecule has 3 rings (SSSR count). The highest BCUT2D eigenvalue weighted by Gasteiger charge is 2.43. The van der Waals surface area contributed by atoms with Gasteiger partial charge in [-0.25, -0.2) is 9.97 Å². The summed E-state index contributed by atoms with van der Waals surface area (Å²) in [5, 5.41) is 9.32. The summed E-state index contributed by atoms with van der Waals surface area (Å²) in [4.78, 5) is 33.7. The van der Waals surface area contributed by atoms with Crippen LogP contribution in [0.4, 0.5) is 0 Å². The van der Waals surface area contributed by atoms with E-state index in [0.717, 1.165) is 6.54 Å². The Morgan fingerprint density at radius 3 is 2.18 bits per heavy atom. The summed E-state index contributed by atoms with van der Waals surface area (Å²) in [6.45, 7) is 6.45. The number of hydrogen-bond acceptors (Lipinski definition) is 5. The Hall–Kier alpha value is -2.68. The van der Waals surface area contributed by atoms with Gasteiger partial charge in [0.2, 0.25) is 11.8 Å². The van der Waals surface area contributed by atoms with Crippen LogP contribution >= 0.6 is 0 Å². The third kappa shape index (κ3) is 5.19. The normalized spacial score (nSPS) is 21.2. The monoisotopic (exact) mass is 387 g/mol. The van der Waals surface area contributed by atoms with Crippen LogP contribution in [0.3, 0.4) is 0 Å². The number of nitrogens with one attached hydrogen (secondary N) is 3. The molecule has 0 aromatic carbocycles. The van der Waals surface area contributed by atoms with Gasteiger partial charge in [-0.3, -0.25) is 9.59 Å². The highest BCUT2D eigenvalue weighted by atomic mass is 16.2. The minimum Gasteiger partial charge on any atom is -0.352 e. The van der Waals surface area contributed by atoms with Crippen LogP contribution in [0.25, 0.3) is 0 Å². The van der Waals surface area contributed by atoms with Crippen molar-refractivity contribution in [3.63, 3.8) is 0 Å². The summed E-state index contributed by atoms with van der Waals surface area (Å²) in [7, 11) is 0. The maximum Gasteiger partial charge on any atom is 0.228 e. The molecule has 1 saturated heterocycles. The fourth-order valence-corrected chi connectivity index (χ4v) is 3.69. The summed E-state index contributed by atoms with van der Waals surface area (Å²) >= 11 is 0. The molecule has 2 aromatic rings. The summed E-state index contributed by atoms with van der Waals surface area (Å²) in [6.07, 6.45) is 11.4. The number of rotatable bonds is 9. The van der Waals surface area contributed by atoms with Crippen LogP contribution in [-0.4, -0.2) is 56.1 Å². The van der Waals surface area contributed by atoms with Crippen molar-refractivity contribution in [1.29, 1.82) is 0 Å². The Bertz CT molecular complexity index is 751. The number of carbonyl (C=O) groups is 2. The number of nitrogens with zero attached hydrogens (tertiary/aromatic N) is 4. The molecule has 0 saturated carbocycles. The molecule has 1 fully saturated rings. The SMILES string of the molecule is CC(Cn1ccnc1)NC(=O)CC1(C(=O)NC(C)Cn2ccnc2)CCNC1. The van der Waals surface area contributed by atoms with E-state index >= 15 is 0 Å². The molecule has 152 valence electrons. The van der Waals surface area contributed by atoms with E-state index in [1.165, 1.54) is 0 Å². The van der Waals surface area contributed by atoms with Gasteiger partial charge in [0.05, 0.1) is 18.1 Å². The molecule has 3 heterocycles. The lowest BCUT2D eigenvalue weighted by atomic mass is 9.82. The Morgan fingerprint density at radius 1 is 1.07 bits per heavy atom. The van der Waals surface area contributed by atoms with Gasteiger partial charge >= 0.3 is 0 Å². The molecule has 1 aliphatic rings. The predicted octanol–water partition coefficient (Wildman–Crippen LogP) is 0.159. The second-order valence-corrected chi connectivity index (χ2v) is 7.75. The van der Waals surface area contributed by atoms with E-state index in [2.05, 4.69) is 25.9 Å². The van der Waals surface area contributed by atoms with Gasteiger partial charge < -0.3 is 25.1 Å². The summed E-state index contributed by atoms with van der Waals surface area (Å²) < 4.78 is 3.84. The highest BCUT2D eigenvalue weighted by molar-refractivity contribution is 5.89. The predicted molar refractivity (Wildman–Crippen MR) is 104 cm³/mol. The molecule has 9 heteroatoms. The van der Waals surface area contributed by atoms with Gasteiger partial charge in [-0.05, 0) is 26.8 Å². The molecule has 0 spiro atoms. The fraction of sp³-hybridized carbons (Fsp3) is 0.579. The molecule has 3 unspecified atom stereocenters. The van der Waals surface area contributed by atoms with Gasteiger partial charge in [-0.2, -0.15) is 0 Å². The van der Waals surface area contributed by atoms with Crippen LogP contribution in [0.15, 0.2) is 37.4 Å². The Kier molecular flexibility index (Phi) is 6.45. The smallest absolute Gasteiger partial charge is 0.228 e. The van der Waals surface area contributed by atoms with E-state index in [0.29, 0.717) is 26.1 Å². The quantitative estimate of drug-likeness (QED) is 0.568. The molecular weight excluding hydrogens is 358 g/mol. The van der Waals surface area contributed by atoms with Crippen LogP contribution < -0.4 is 16.0 Å². The second-order valence-electron chi connectivity index (χ2n) is 7.75. The van der Waals surface area contributed by atoms with Gasteiger partial charge in [0, 0.05) is 62.9 Å². The lowest BCUT2D eigenvalue weighted by Crippen LogP contribution is -2.49. The Morgan fingerprint density at radius 2 is 1.68 bits per heavy atom. The number of aromatic nitrogens is 4.